The Morgan fingerprint density at radius 3 is 1.98 bits per heavy atom. The Morgan fingerprint density at radius 1 is 0.829 bits per heavy atom. The van der Waals surface area contributed by atoms with Crippen molar-refractivity contribution in [3.05, 3.63) is 27.2 Å². The summed E-state index contributed by atoms with van der Waals surface area (Å²) in [6.07, 6.45) is 23.4. The topological polar surface area (TPSA) is 111 Å². The Labute approximate surface area is 246 Å². The van der Waals surface area contributed by atoms with Gasteiger partial charge in [-0.25, -0.2) is 9.78 Å². The van der Waals surface area contributed by atoms with Crippen molar-refractivity contribution in [3.8, 4) is 0 Å². The average Bonchev–Trinajstić information content (AvgIpc) is 3.35. The highest BCUT2D eigenvalue weighted by Gasteiger charge is 2.14. The van der Waals surface area contributed by atoms with Crippen molar-refractivity contribution in [3.63, 3.8) is 0 Å². The summed E-state index contributed by atoms with van der Waals surface area (Å²) in [5.74, 6) is 0.0559. The Balaban J connectivity index is 1.42. The Kier molecular flexibility index (Phi) is 17.4. The fourth-order valence-electron chi connectivity index (χ4n) is 5.50. The molecule has 1 amide bonds. The summed E-state index contributed by atoms with van der Waals surface area (Å²) in [4.78, 5) is 41.5. The third-order valence-corrected chi connectivity index (χ3v) is 8.16. The standard InChI is InChI=1S/C32H57N5O4/c1-4-5-6-7-8-9-10-11-14-17-20-23-28(39)33-25-27(38)22-19-16-13-12-15-18-21-24-37-31(40)29-30(34-26-35(29)2)36(3)32(37)41/h26-27,38H,4-25H2,1-3H3,(H,33,39). The molecule has 41 heavy (non-hydrogen) atoms. The highest BCUT2D eigenvalue weighted by molar-refractivity contribution is 5.75. The number of hydrogen-bond acceptors (Lipinski definition) is 5. The van der Waals surface area contributed by atoms with Crippen LogP contribution in [0, 0.1) is 0 Å². The summed E-state index contributed by atoms with van der Waals surface area (Å²) in [6, 6.07) is 0. The number of carbonyl (C=O) groups excluding carboxylic acids is 1. The van der Waals surface area contributed by atoms with Gasteiger partial charge in [0, 0.05) is 33.6 Å². The van der Waals surface area contributed by atoms with Gasteiger partial charge in [-0.15, -0.1) is 0 Å². The zero-order valence-electron chi connectivity index (χ0n) is 26.2. The van der Waals surface area contributed by atoms with E-state index in [1.165, 1.54) is 66.9 Å². The second-order valence-electron chi connectivity index (χ2n) is 11.8. The predicted molar refractivity (Wildman–Crippen MR) is 167 cm³/mol. The van der Waals surface area contributed by atoms with Gasteiger partial charge in [0.1, 0.15) is 0 Å². The Hall–Kier alpha value is -2.42. The number of hydrogen-bond donors (Lipinski definition) is 2. The molecule has 0 spiro atoms. The van der Waals surface area contributed by atoms with E-state index in [9.17, 15) is 19.5 Å². The average molecular weight is 576 g/mol. The molecular weight excluding hydrogens is 518 g/mol. The van der Waals surface area contributed by atoms with E-state index >= 15 is 0 Å². The quantitative estimate of drug-likeness (QED) is 0.155. The zero-order valence-corrected chi connectivity index (χ0v) is 26.2. The number of fused-ring (bicyclic) bond motifs is 1. The maximum atomic E-state index is 12.7. The largest absolute Gasteiger partial charge is 0.391 e. The normalized spacial score (nSPS) is 12.3. The molecule has 0 bridgehead atoms. The molecule has 2 aromatic rings. The van der Waals surface area contributed by atoms with Crippen molar-refractivity contribution >= 4 is 17.1 Å². The minimum Gasteiger partial charge on any atom is -0.391 e. The zero-order chi connectivity index (χ0) is 29.9. The lowest BCUT2D eigenvalue weighted by Crippen LogP contribution is -2.39. The first-order valence-electron chi connectivity index (χ1n) is 16.4. The fraction of sp³-hybridized carbons (Fsp3) is 0.812. The molecule has 0 aliphatic carbocycles. The molecule has 0 saturated carbocycles. The summed E-state index contributed by atoms with van der Waals surface area (Å²) in [5.41, 5.74) is 0.293. The minimum atomic E-state index is -0.478. The number of aliphatic hydroxyl groups excluding tert-OH is 1. The number of amides is 1. The number of aryl methyl sites for hydroxylation is 2. The third-order valence-electron chi connectivity index (χ3n) is 8.16. The highest BCUT2D eigenvalue weighted by atomic mass is 16.3. The maximum absolute atomic E-state index is 12.7. The number of aliphatic hydroxyl groups is 1. The maximum Gasteiger partial charge on any atom is 0.332 e. The van der Waals surface area contributed by atoms with Gasteiger partial charge in [-0.1, -0.05) is 110 Å². The second-order valence-corrected chi connectivity index (χ2v) is 11.8. The van der Waals surface area contributed by atoms with Crippen molar-refractivity contribution < 1.29 is 9.90 Å². The number of aromatic nitrogens is 4. The van der Waals surface area contributed by atoms with Gasteiger partial charge in [-0.3, -0.25) is 18.7 Å². The Bertz CT molecular complexity index is 1120. The van der Waals surface area contributed by atoms with Gasteiger partial charge in [0.05, 0.1) is 12.4 Å². The SMILES string of the molecule is CCCCCCCCCCCCCC(=O)NCC(O)CCCCCCCCCn1c(=O)c2c(ncn2C)n(C)c1=O. The lowest BCUT2D eigenvalue weighted by atomic mass is 10.0. The van der Waals surface area contributed by atoms with Gasteiger partial charge in [0.25, 0.3) is 5.56 Å². The molecule has 234 valence electrons. The number of nitrogens with one attached hydrogen (secondary N) is 1. The van der Waals surface area contributed by atoms with Gasteiger partial charge in [-0.2, -0.15) is 0 Å². The van der Waals surface area contributed by atoms with E-state index in [-0.39, 0.29) is 17.2 Å². The lowest BCUT2D eigenvalue weighted by molar-refractivity contribution is -0.121. The number of nitrogens with zero attached hydrogens (tertiary/aromatic N) is 4. The molecule has 2 aromatic heterocycles. The molecule has 2 N–H and O–H groups in total. The molecule has 2 heterocycles. The molecule has 0 aliphatic rings. The number of unbranched alkanes of at least 4 members (excludes halogenated alkanes) is 16. The third kappa shape index (κ3) is 13.0. The van der Waals surface area contributed by atoms with Crippen LogP contribution in [0.15, 0.2) is 15.9 Å². The molecule has 0 radical (unpaired) electrons. The van der Waals surface area contributed by atoms with E-state index in [2.05, 4.69) is 17.2 Å². The van der Waals surface area contributed by atoms with Crippen LogP contribution >= 0.6 is 0 Å². The molecule has 0 aromatic carbocycles. The Morgan fingerprint density at radius 2 is 1.37 bits per heavy atom. The van der Waals surface area contributed by atoms with Crippen LogP contribution in [0.2, 0.25) is 0 Å². The van der Waals surface area contributed by atoms with Gasteiger partial charge in [0.15, 0.2) is 11.2 Å². The van der Waals surface area contributed by atoms with Gasteiger partial charge < -0.3 is 15.0 Å². The molecule has 0 aliphatic heterocycles. The fourth-order valence-corrected chi connectivity index (χ4v) is 5.50. The van der Waals surface area contributed by atoms with Crippen LogP contribution in [-0.2, 0) is 25.4 Å². The monoisotopic (exact) mass is 575 g/mol. The molecule has 2 rings (SSSR count). The minimum absolute atomic E-state index is 0.0559. The first-order valence-corrected chi connectivity index (χ1v) is 16.4. The summed E-state index contributed by atoms with van der Waals surface area (Å²) >= 11 is 0. The molecule has 1 atom stereocenters. The van der Waals surface area contributed by atoms with Crippen LogP contribution in [0.3, 0.4) is 0 Å². The first-order chi connectivity index (χ1) is 19.9. The molecule has 0 fully saturated rings. The van der Waals surface area contributed by atoms with Crippen LogP contribution in [0.4, 0.5) is 0 Å². The van der Waals surface area contributed by atoms with Crippen molar-refractivity contribution in [2.45, 2.75) is 148 Å². The van der Waals surface area contributed by atoms with E-state index < -0.39 is 6.10 Å². The van der Waals surface area contributed by atoms with Crippen molar-refractivity contribution in [2.75, 3.05) is 6.54 Å². The van der Waals surface area contributed by atoms with E-state index in [0.717, 1.165) is 57.8 Å². The van der Waals surface area contributed by atoms with Gasteiger partial charge in [-0.05, 0) is 19.3 Å². The van der Waals surface area contributed by atoms with Crippen LogP contribution in [-0.4, -0.2) is 42.3 Å². The molecule has 1 unspecified atom stereocenters. The summed E-state index contributed by atoms with van der Waals surface area (Å²) in [7, 11) is 3.42. The van der Waals surface area contributed by atoms with Crippen LogP contribution < -0.4 is 16.6 Å². The number of carbonyl (C=O) groups is 1. The first kappa shape index (κ1) is 34.8. The van der Waals surface area contributed by atoms with E-state index in [4.69, 9.17) is 0 Å². The summed E-state index contributed by atoms with van der Waals surface area (Å²) < 4.78 is 4.43. The predicted octanol–water partition coefficient (Wildman–Crippen LogP) is 5.73. The van der Waals surface area contributed by atoms with E-state index in [1.54, 1.807) is 25.0 Å². The van der Waals surface area contributed by atoms with Crippen molar-refractivity contribution in [1.29, 1.82) is 0 Å². The van der Waals surface area contributed by atoms with Crippen LogP contribution in [0.25, 0.3) is 11.2 Å². The number of rotatable bonds is 24. The lowest BCUT2D eigenvalue weighted by Gasteiger charge is -2.12. The van der Waals surface area contributed by atoms with Crippen LogP contribution in [0.5, 0.6) is 0 Å². The van der Waals surface area contributed by atoms with E-state index in [0.29, 0.717) is 37.1 Å². The smallest absolute Gasteiger partial charge is 0.332 e. The van der Waals surface area contributed by atoms with Gasteiger partial charge in [0.2, 0.25) is 5.91 Å². The molecule has 9 heteroatoms. The molecular formula is C32H57N5O4. The summed E-state index contributed by atoms with van der Waals surface area (Å²) in [6.45, 7) is 3.02. The summed E-state index contributed by atoms with van der Waals surface area (Å²) in [5, 5.41) is 13.1. The van der Waals surface area contributed by atoms with E-state index in [1.807, 2.05) is 0 Å². The number of imidazole rings is 1. The second kappa shape index (κ2) is 20.5. The molecule has 9 nitrogen and oxygen atoms in total. The van der Waals surface area contributed by atoms with Crippen LogP contribution in [0.1, 0.15) is 135 Å². The van der Waals surface area contributed by atoms with Crippen molar-refractivity contribution in [1.82, 2.24) is 24.0 Å². The van der Waals surface area contributed by atoms with Gasteiger partial charge >= 0.3 is 5.69 Å². The molecule has 0 saturated heterocycles. The highest BCUT2D eigenvalue weighted by Crippen LogP contribution is 2.13. The van der Waals surface area contributed by atoms with Crippen molar-refractivity contribution in [2.24, 2.45) is 14.1 Å².